The highest BCUT2D eigenvalue weighted by molar-refractivity contribution is 7.52. The van der Waals surface area contributed by atoms with E-state index in [1.165, 1.54) is 24.0 Å². The van der Waals surface area contributed by atoms with Crippen LogP contribution in [0.15, 0.2) is 132 Å². The molecule has 2 bridgehead atoms. The number of carbonyl (C=O) groups is 1. The molecule has 10 heteroatoms. The first kappa shape index (κ1) is 54.2. The number of allylic oxidation sites excluding steroid dienone is 2. The highest BCUT2D eigenvalue weighted by atomic mass is 31.2. The molecule has 434 valence electrons. The van der Waals surface area contributed by atoms with E-state index in [-0.39, 0.29) is 39.4 Å². The molecule has 8 nitrogen and oxygen atoms in total. The molecule has 6 aromatic carbocycles. The Morgan fingerprint density at radius 3 is 1.48 bits per heavy atom. The van der Waals surface area contributed by atoms with Crippen LogP contribution in [-0.4, -0.2) is 40.5 Å². The van der Waals surface area contributed by atoms with E-state index in [1.54, 1.807) is 0 Å². The van der Waals surface area contributed by atoms with Crippen LogP contribution < -0.4 is 0 Å². The van der Waals surface area contributed by atoms with Crippen LogP contribution in [0.1, 0.15) is 142 Å². The Bertz CT molecular complexity index is 3780. The van der Waals surface area contributed by atoms with Crippen molar-refractivity contribution >= 4 is 64.1 Å². The summed E-state index contributed by atoms with van der Waals surface area (Å²) in [5.74, 6) is 4.78. The van der Waals surface area contributed by atoms with E-state index in [0.717, 1.165) is 138 Å². The van der Waals surface area contributed by atoms with Crippen LogP contribution in [0.5, 0.6) is 0 Å². The first-order valence-corrected chi connectivity index (χ1v) is 35.6. The van der Waals surface area contributed by atoms with E-state index < -0.39 is 33.0 Å². The average Bonchev–Trinajstić information content (AvgIpc) is 1.52. The van der Waals surface area contributed by atoms with Crippen LogP contribution in [0.3, 0.4) is 0 Å². The predicted octanol–water partition coefficient (Wildman–Crippen LogP) is 17.9. The predicted molar refractivity (Wildman–Crippen MR) is 331 cm³/mol. The summed E-state index contributed by atoms with van der Waals surface area (Å²) in [6.45, 7) is 10.3. The van der Waals surface area contributed by atoms with Gasteiger partial charge in [-0.05, 0) is 238 Å². The lowest BCUT2D eigenvalue weighted by molar-refractivity contribution is -0.242. The van der Waals surface area contributed by atoms with Crippen molar-refractivity contribution in [3.63, 3.8) is 0 Å². The van der Waals surface area contributed by atoms with E-state index in [9.17, 15) is 18.9 Å². The number of carbonyl (C=O) groups excluding carboxylic acids is 1. The summed E-state index contributed by atoms with van der Waals surface area (Å²) in [6, 6.07) is 37.0. The number of ether oxygens (including phenoxy) is 1. The average molecular weight is 1150 g/mol. The summed E-state index contributed by atoms with van der Waals surface area (Å²) in [6.07, 6.45) is 19.8. The molecule has 9 saturated carbocycles. The zero-order chi connectivity index (χ0) is 56.8. The summed E-state index contributed by atoms with van der Waals surface area (Å²) in [7, 11) is -6.11. The molecular formula is C73H84O8P2. The lowest BCUT2D eigenvalue weighted by atomic mass is 9.36. The van der Waals surface area contributed by atoms with Crippen LogP contribution in [0, 0.1) is 80.3 Å². The van der Waals surface area contributed by atoms with Gasteiger partial charge in [0.1, 0.15) is 5.78 Å². The van der Waals surface area contributed by atoms with Gasteiger partial charge in [-0.15, -0.1) is 0 Å². The van der Waals surface area contributed by atoms with Crippen molar-refractivity contribution in [2.45, 2.75) is 161 Å². The Morgan fingerprint density at radius 2 is 1.00 bits per heavy atom. The van der Waals surface area contributed by atoms with Gasteiger partial charge in [0.15, 0.2) is 0 Å². The van der Waals surface area contributed by atoms with Crippen molar-refractivity contribution in [3.05, 3.63) is 144 Å². The Labute approximate surface area is 490 Å². The number of methoxy groups -OCH3 is 1. The van der Waals surface area contributed by atoms with Crippen molar-refractivity contribution in [1.82, 2.24) is 0 Å². The molecule has 7 unspecified atom stereocenters. The first-order chi connectivity index (χ1) is 39.8. The fourth-order valence-corrected chi connectivity index (χ4v) is 26.7. The molecule has 19 atom stereocenters. The quantitative estimate of drug-likeness (QED) is 0.0835. The maximum Gasteiger partial charge on any atom is 0.333 e. The summed E-state index contributed by atoms with van der Waals surface area (Å²) in [4.78, 5) is 39.4. The van der Waals surface area contributed by atoms with Gasteiger partial charge >= 0.3 is 15.2 Å². The third-order valence-corrected chi connectivity index (χ3v) is 29.5. The third kappa shape index (κ3) is 7.64. The van der Waals surface area contributed by atoms with E-state index in [0.29, 0.717) is 65.5 Å². The second kappa shape index (κ2) is 18.6. The molecule has 0 aromatic heterocycles. The summed E-state index contributed by atoms with van der Waals surface area (Å²) >= 11 is 0. The molecule has 0 amide bonds. The highest BCUT2D eigenvalue weighted by Gasteiger charge is 2.83. The van der Waals surface area contributed by atoms with Crippen LogP contribution >= 0.6 is 15.2 Å². The highest BCUT2D eigenvalue weighted by Crippen LogP contribution is 2.85. The van der Waals surface area contributed by atoms with Crippen LogP contribution in [0.2, 0.25) is 0 Å². The fraction of sp³-hybridized carbons (Fsp3) is 0.548. The van der Waals surface area contributed by atoms with E-state index >= 15 is 4.79 Å². The molecule has 9 fully saturated rings. The number of fused-ring (bicyclic) bond motifs is 15. The topological polar surface area (TPSA) is 119 Å². The molecular weight excluding hydrogens is 1070 g/mol. The fourth-order valence-electron chi connectivity index (χ4n) is 23.9. The van der Waals surface area contributed by atoms with Crippen molar-refractivity contribution < 1.29 is 37.5 Å². The summed E-state index contributed by atoms with van der Waals surface area (Å²) < 4.78 is 48.5. The molecule has 17 rings (SSSR count). The van der Waals surface area contributed by atoms with E-state index in [4.69, 9.17) is 13.8 Å². The van der Waals surface area contributed by atoms with Gasteiger partial charge in [-0.2, -0.15) is 0 Å². The smallest absolute Gasteiger partial charge is 0.333 e. The van der Waals surface area contributed by atoms with Crippen LogP contribution in [-0.2, 0) is 40.0 Å². The minimum absolute atomic E-state index is 0.00432. The van der Waals surface area contributed by atoms with Crippen LogP contribution in [0.4, 0.5) is 0 Å². The van der Waals surface area contributed by atoms with Gasteiger partial charge in [0.2, 0.25) is 0 Å². The van der Waals surface area contributed by atoms with Gasteiger partial charge in [0.05, 0.1) is 30.1 Å². The maximum absolute atomic E-state index is 15.8. The van der Waals surface area contributed by atoms with Crippen molar-refractivity contribution in [3.8, 4) is 0 Å². The molecule has 2 N–H and O–H groups in total. The Morgan fingerprint density at radius 1 is 0.542 bits per heavy atom. The number of benzene rings is 6. The van der Waals surface area contributed by atoms with E-state index in [1.807, 2.05) is 55.6 Å². The largest absolute Gasteiger partial charge is 0.377 e. The van der Waals surface area contributed by atoms with Gasteiger partial charge in [0.25, 0.3) is 0 Å². The number of rotatable bonds is 9. The van der Waals surface area contributed by atoms with Crippen molar-refractivity contribution in [1.29, 1.82) is 0 Å². The van der Waals surface area contributed by atoms with Crippen molar-refractivity contribution in [2.75, 3.05) is 7.11 Å². The molecule has 1 spiro atoms. The maximum atomic E-state index is 15.8. The SMILES string of the molecule is COC12CC(=O)C3(C(C[C@H]4[C@@H]5CCC6=C[C@@H](OP(=O)(O)Cc7c8ccccc8cc8ccccc78)CC[C@]6(C)[C@H]5CC[C@@]43C)C1)C1C[C@H]3[C@@H]4CCC5=C[C@@H](OP(=O)(O)Cc6c7ccccc7cc7ccccc67)CC[C@]5(C)[C@H]4CC[C@]3(C)C12. The molecule has 0 saturated heterocycles. The monoisotopic (exact) mass is 1150 g/mol. The summed E-state index contributed by atoms with van der Waals surface area (Å²) in [5, 5.41) is 8.29. The molecule has 83 heavy (non-hydrogen) atoms. The minimum atomic E-state index is -4.03. The van der Waals surface area contributed by atoms with Gasteiger partial charge < -0.3 is 23.6 Å². The Kier molecular flexibility index (Phi) is 12.2. The standard InChI is InChI=1S/C73H84O8P2/c1-68-30-26-51(80-82(75,76)42-59-53-18-10-6-14-44(53)34-45-15-7-11-19-54(45)59)36-48(68)22-24-57-61(68)28-32-70(3)63(57)39-65-67(70)72(79-5)40-50-38-64-58-25-23-49-37-52(27-31-69(49,2)62(58)29-33-71(64,4)73(50,65)66(74)41-72)81-83(77,78)43-60-55-20-12-8-16-46(55)35-47-17-9-13-21-56(47)60/h6-21,34-37,50-52,57-58,61-65,67H,22-33,38-43H2,1-5H3,(H,75,76)(H,77,78)/t50?,51-,52-,57+,58+,61-,62-,63-,64-,65?,67?,68-,69-,70-,71-,72?,73?/m0/s1. The first-order valence-electron chi connectivity index (χ1n) is 32.1. The number of hydrogen-bond donors (Lipinski definition) is 2. The Balaban J connectivity index is 0.645. The van der Waals surface area contributed by atoms with Gasteiger partial charge in [-0.3, -0.25) is 13.9 Å². The third-order valence-electron chi connectivity index (χ3n) is 26.9. The zero-order valence-corrected chi connectivity index (χ0v) is 51.2. The lowest BCUT2D eigenvalue weighted by Gasteiger charge is -2.68. The lowest BCUT2D eigenvalue weighted by Crippen LogP contribution is -2.71. The number of Topliss-reactive ketones (excluding diaryl/α,β-unsaturated/α-hetero) is 1. The van der Waals surface area contributed by atoms with Crippen molar-refractivity contribution in [2.24, 2.45) is 80.3 Å². The molecule has 0 aliphatic heterocycles. The second-order valence-corrected chi connectivity index (χ2v) is 33.4. The van der Waals surface area contributed by atoms with Gasteiger partial charge in [-0.25, -0.2) is 0 Å². The van der Waals surface area contributed by atoms with Crippen LogP contribution in [0.25, 0.3) is 43.1 Å². The van der Waals surface area contributed by atoms with Gasteiger partial charge in [0, 0.05) is 18.9 Å². The molecule has 0 radical (unpaired) electrons. The Hall–Kier alpha value is -4.23. The normalized spacial score (nSPS) is 41.8. The number of hydrogen-bond acceptors (Lipinski definition) is 6. The zero-order valence-electron chi connectivity index (χ0n) is 49.4. The van der Waals surface area contributed by atoms with Gasteiger partial charge in [-0.1, -0.05) is 148 Å². The minimum Gasteiger partial charge on any atom is -0.377 e. The molecule has 11 aliphatic carbocycles. The van der Waals surface area contributed by atoms with E-state index in [2.05, 4.69) is 101 Å². The number of ketones is 1. The molecule has 6 aromatic rings. The molecule has 11 aliphatic rings. The summed E-state index contributed by atoms with van der Waals surface area (Å²) in [5.41, 5.74) is 3.95. The molecule has 0 heterocycles. The second-order valence-electron chi connectivity index (χ2n) is 29.8.